The van der Waals surface area contributed by atoms with E-state index in [-0.39, 0.29) is 11.8 Å². The van der Waals surface area contributed by atoms with Crippen LogP contribution in [-0.4, -0.2) is 51.1 Å². The molecular weight excluding hydrogens is 348 g/mol. The maximum atomic E-state index is 13.1. The smallest absolute Gasteiger partial charge is 0.255 e. The number of hydrogen-bond acceptors (Lipinski definition) is 5. The summed E-state index contributed by atoms with van der Waals surface area (Å²) in [5.74, 6) is 1.24. The minimum Gasteiger partial charge on any atom is -0.497 e. The number of methoxy groups -OCH3 is 3. The van der Waals surface area contributed by atoms with Gasteiger partial charge in [0.1, 0.15) is 11.8 Å². The van der Waals surface area contributed by atoms with Crippen LogP contribution in [0.4, 0.5) is 0 Å². The maximum Gasteiger partial charge on any atom is 0.255 e. The number of hydrogen-bond donors (Lipinski definition) is 1. The fourth-order valence-corrected chi connectivity index (χ4v) is 3.14. The highest BCUT2D eigenvalue weighted by atomic mass is 16.5. The fraction of sp³-hybridized carbons (Fsp3) is 0.300. The van der Waals surface area contributed by atoms with Crippen molar-refractivity contribution in [3.63, 3.8) is 0 Å². The van der Waals surface area contributed by atoms with Crippen LogP contribution in [-0.2, 0) is 4.79 Å². The number of nitrogens with zero attached hydrogens (tertiary/aromatic N) is 1. The zero-order valence-corrected chi connectivity index (χ0v) is 15.5. The summed E-state index contributed by atoms with van der Waals surface area (Å²) in [5.41, 5.74) is 1.16. The van der Waals surface area contributed by atoms with Gasteiger partial charge in [0, 0.05) is 18.7 Å². The van der Waals surface area contributed by atoms with Gasteiger partial charge in [0.05, 0.1) is 21.3 Å². The molecule has 1 fully saturated rings. The number of carbonyl (C=O) groups excluding carboxylic acids is 2. The van der Waals surface area contributed by atoms with E-state index in [0.717, 1.165) is 5.56 Å². The number of nitrogens with one attached hydrogen (secondary N) is 1. The van der Waals surface area contributed by atoms with Gasteiger partial charge < -0.3 is 24.4 Å². The van der Waals surface area contributed by atoms with Crippen molar-refractivity contribution in [1.29, 1.82) is 0 Å². The molecule has 2 aromatic carbocycles. The molecule has 2 aromatic rings. The Morgan fingerprint density at radius 2 is 1.70 bits per heavy atom. The summed E-state index contributed by atoms with van der Waals surface area (Å²) in [5, 5.41) is 2.83. The third-order valence-corrected chi connectivity index (χ3v) is 4.53. The van der Waals surface area contributed by atoms with E-state index in [0.29, 0.717) is 35.9 Å². The van der Waals surface area contributed by atoms with E-state index in [2.05, 4.69) is 5.32 Å². The molecule has 0 radical (unpaired) electrons. The lowest BCUT2D eigenvalue weighted by Crippen LogP contribution is -2.52. The van der Waals surface area contributed by atoms with E-state index in [1.165, 1.54) is 14.2 Å². The van der Waals surface area contributed by atoms with Crippen LogP contribution in [0.25, 0.3) is 0 Å². The lowest BCUT2D eigenvalue weighted by atomic mass is 10.0. The van der Waals surface area contributed by atoms with E-state index < -0.39 is 6.04 Å². The highest BCUT2D eigenvalue weighted by Crippen LogP contribution is 2.31. The molecule has 0 spiro atoms. The second kappa shape index (κ2) is 7.99. The van der Waals surface area contributed by atoms with Crippen molar-refractivity contribution in [3.05, 3.63) is 53.6 Å². The molecular formula is C20H22N2O5. The second-order valence-electron chi connectivity index (χ2n) is 6.04. The largest absolute Gasteiger partial charge is 0.497 e. The van der Waals surface area contributed by atoms with Gasteiger partial charge in [-0.2, -0.15) is 0 Å². The number of piperazine rings is 1. The van der Waals surface area contributed by atoms with Gasteiger partial charge in [0.15, 0.2) is 11.5 Å². The predicted octanol–water partition coefficient (Wildman–Crippen LogP) is 2.03. The van der Waals surface area contributed by atoms with Crippen molar-refractivity contribution in [2.75, 3.05) is 34.4 Å². The number of amides is 2. The molecule has 1 saturated heterocycles. The molecule has 1 atom stereocenters. The SMILES string of the molecule is COc1ccc(C2C(=O)NCCN2C(=O)c2ccc(OC)c(OC)c2)cc1. The van der Waals surface area contributed by atoms with Crippen molar-refractivity contribution in [3.8, 4) is 17.2 Å². The highest BCUT2D eigenvalue weighted by Gasteiger charge is 2.35. The molecule has 0 aliphatic carbocycles. The first-order chi connectivity index (χ1) is 13.1. The monoisotopic (exact) mass is 370 g/mol. The molecule has 1 aliphatic rings. The molecule has 7 heteroatoms. The fourth-order valence-electron chi connectivity index (χ4n) is 3.14. The molecule has 1 aliphatic heterocycles. The summed E-state index contributed by atoms with van der Waals surface area (Å²) >= 11 is 0. The number of carbonyl (C=O) groups is 2. The van der Waals surface area contributed by atoms with Gasteiger partial charge in [0.25, 0.3) is 5.91 Å². The maximum absolute atomic E-state index is 13.1. The molecule has 3 rings (SSSR count). The van der Waals surface area contributed by atoms with E-state index in [4.69, 9.17) is 14.2 Å². The first kappa shape index (κ1) is 18.6. The van der Waals surface area contributed by atoms with Crippen LogP contribution in [0.2, 0.25) is 0 Å². The zero-order valence-electron chi connectivity index (χ0n) is 15.5. The zero-order chi connectivity index (χ0) is 19.4. The van der Waals surface area contributed by atoms with Crippen molar-refractivity contribution < 1.29 is 23.8 Å². The lowest BCUT2D eigenvalue weighted by molar-refractivity contribution is -0.128. The molecule has 0 bridgehead atoms. The van der Waals surface area contributed by atoms with Crippen LogP contribution >= 0.6 is 0 Å². The van der Waals surface area contributed by atoms with Gasteiger partial charge in [-0.25, -0.2) is 0 Å². The van der Waals surface area contributed by atoms with E-state index in [9.17, 15) is 9.59 Å². The Bertz CT molecular complexity index is 835. The van der Waals surface area contributed by atoms with Crippen molar-refractivity contribution in [2.24, 2.45) is 0 Å². The third-order valence-electron chi connectivity index (χ3n) is 4.53. The van der Waals surface area contributed by atoms with Crippen LogP contribution in [0.1, 0.15) is 22.0 Å². The van der Waals surface area contributed by atoms with Gasteiger partial charge in [-0.1, -0.05) is 12.1 Å². The summed E-state index contributed by atoms with van der Waals surface area (Å²) in [6.07, 6.45) is 0. The van der Waals surface area contributed by atoms with Gasteiger partial charge in [0.2, 0.25) is 5.91 Å². The van der Waals surface area contributed by atoms with Crippen molar-refractivity contribution in [1.82, 2.24) is 10.2 Å². The van der Waals surface area contributed by atoms with E-state index in [1.54, 1.807) is 54.5 Å². The summed E-state index contributed by atoms with van der Waals surface area (Å²) in [7, 11) is 4.63. The summed E-state index contributed by atoms with van der Waals surface area (Å²) in [4.78, 5) is 27.3. The minimum atomic E-state index is -0.703. The van der Waals surface area contributed by atoms with Crippen LogP contribution in [0.15, 0.2) is 42.5 Å². The van der Waals surface area contributed by atoms with Gasteiger partial charge >= 0.3 is 0 Å². The topological polar surface area (TPSA) is 77.1 Å². The molecule has 0 aromatic heterocycles. The summed E-state index contributed by atoms with van der Waals surface area (Å²) in [6, 6.07) is 11.4. The van der Waals surface area contributed by atoms with Crippen LogP contribution in [0.3, 0.4) is 0 Å². The summed E-state index contributed by atoms with van der Waals surface area (Å²) < 4.78 is 15.7. The van der Waals surface area contributed by atoms with Crippen LogP contribution < -0.4 is 19.5 Å². The first-order valence-electron chi connectivity index (χ1n) is 8.53. The standard InChI is InChI=1S/C20H22N2O5/c1-25-15-7-4-13(5-8-15)18-19(23)21-10-11-22(18)20(24)14-6-9-16(26-2)17(12-14)27-3/h4-9,12,18H,10-11H2,1-3H3,(H,21,23). The molecule has 27 heavy (non-hydrogen) atoms. The van der Waals surface area contributed by atoms with Gasteiger partial charge in [-0.15, -0.1) is 0 Å². The Balaban J connectivity index is 1.94. The number of rotatable bonds is 5. The average molecular weight is 370 g/mol. The Hall–Kier alpha value is -3.22. The molecule has 2 amide bonds. The Morgan fingerprint density at radius 3 is 2.33 bits per heavy atom. The molecule has 1 heterocycles. The quantitative estimate of drug-likeness (QED) is 0.871. The predicted molar refractivity (Wildman–Crippen MR) is 99.3 cm³/mol. The molecule has 7 nitrogen and oxygen atoms in total. The highest BCUT2D eigenvalue weighted by molar-refractivity contribution is 5.99. The Labute approximate surface area is 157 Å². The second-order valence-corrected chi connectivity index (χ2v) is 6.04. The van der Waals surface area contributed by atoms with Crippen LogP contribution in [0.5, 0.6) is 17.2 Å². The molecule has 142 valence electrons. The van der Waals surface area contributed by atoms with Crippen molar-refractivity contribution in [2.45, 2.75) is 6.04 Å². The molecule has 1 unspecified atom stereocenters. The normalized spacial score (nSPS) is 16.5. The number of ether oxygens (including phenoxy) is 3. The first-order valence-corrected chi connectivity index (χ1v) is 8.53. The molecule has 0 saturated carbocycles. The van der Waals surface area contributed by atoms with E-state index >= 15 is 0 Å². The minimum absolute atomic E-state index is 0.208. The number of benzene rings is 2. The lowest BCUT2D eigenvalue weighted by Gasteiger charge is -2.35. The van der Waals surface area contributed by atoms with Gasteiger partial charge in [-0.05, 0) is 35.9 Å². The van der Waals surface area contributed by atoms with Crippen molar-refractivity contribution >= 4 is 11.8 Å². The Morgan fingerprint density at radius 1 is 1.00 bits per heavy atom. The van der Waals surface area contributed by atoms with E-state index in [1.807, 2.05) is 0 Å². The average Bonchev–Trinajstić information content (AvgIpc) is 2.72. The Kier molecular flexibility index (Phi) is 5.49. The summed E-state index contributed by atoms with van der Waals surface area (Å²) in [6.45, 7) is 0.820. The van der Waals surface area contributed by atoms with Crippen LogP contribution in [0, 0.1) is 0 Å². The van der Waals surface area contributed by atoms with Gasteiger partial charge in [-0.3, -0.25) is 9.59 Å². The molecule has 1 N–H and O–H groups in total. The third kappa shape index (κ3) is 3.67.